The van der Waals surface area contributed by atoms with Crippen molar-refractivity contribution < 1.29 is 19.1 Å². The smallest absolute Gasteiger partial charge is 0.409 e. The van der Waals surface area contributed by atoms with Crippen LogP contribution in [0.2, 0.25) is 0 Å². The van der Waals surface area contributed by atoms with E-state index < -0.39 is 11.7 Å². The molecule has 9 nitrogen and oxygen atoms in total. The van der Waals surface area contributed by atoms with E-state index in [-0.39, 0.29) is 18.2 Å². The lowest BCUT2D eigenvalue weighted by Crippen LogP contribution is -2.51. The number of hydrogen-bond acceptors (Lipinski definition) is 5. The molecule has 1 unspecified atom stereocenters. The van der Waals surface area contributed by atoms with Crippen molar-refractivity contribution in [1.29, 1.82) is 0 Å². The highest BCUT2D eigenvalue weighted by molar-refractivity contribution is 5.80. The number of ether oxygens (including phenoxy) is 2. The van der Waals surface area contributed by atoms with Crippen LogP contribution in [0.25, 0.3) is 0 Å². The van der Waals surface area contributed by atoms with Crippen LogP contribution in [0.5, 0.6) is 0 Å². The zero-order valence-electron chi connectivity index (χ0n) is 19.8. The summed E-state index contributed by atoms with van der Waals surface area (Å²) in [5.41, 5.74) is 0.387. The van der Waals surface area contributed by atoms with E-state index in [2.05, 4.69) is 20.9 Å². The van der Waals surface area contributed by atoms with Gasteiger partial charge in [0, 0.05) is 32.7 Å². The Kier molecular flexibility index (Phi) is 9.61. The van der Waals surface area contributed by atoms with Crippen LogP contribution in [-0.4, -0.2) is 68.0 Å². The van der Waals surface area contributed by atoms with Gasteiger partial charge < -0.3 is 30.3 Å². The molecule has 9 heteroatoms. The SMILES string of the molecule is CCOC(=O)N1CCC(NC(=NC)NCC(NC(=O)OC(C)(C)C)c2ccccc2)CC1. The average molecular weight is 448 g/mol. The minimum absolute atomic E-state index is 0.195. The standard InChI is InChI=1S/C23H37N5O4/c1-6-31-22(30)28-14-12-18(13-15-28)26-20(24-5)25-16-19(17-10-8-7-9-11-17)27-21(29)32-23(2,3)4/h7-11,18-19H,6,12-16H2,1-5H3,(H,27,29)(H2,24,25,26). The van der Waals surface area contributed by atoms with Crippen LogP contribution < -0.4 is 16.0 Å². The molecule has 1 aliphatic heterocycles. The Morgan fingerprint density at radius 1 is 1.19 bits per heavy atom. The van der Waals surface area contributed by atoms with Gasteiger partial charge in [0.15, 0.2) is 5.96 Å². The molecule has 1 atom stereocenters. The van der Waals surface area contributed by atoms with Gasteiger partial charge in [-0.25, -0.2) is 9.59 Å². The molecule has 32 heavy (non-hydrogen) atoms. The van der Waals surface area contributed by atoms with Gasteiger partial charge in [-0.05, 0) is 46.1 Å². The summed E-state index contributed by atoms with van der Waals surface area (Å²) < 4.78 is 10.5. The summed E-state index contributed by atoms with van der Waals surface area (Å²) in [6.45, 7) is 9.41. The first-order valence-electron chi connectivity index (χ1n) is 11.1. The van der Waals surface area contributed by atoms with E-state index in [0.29, 0.717) is 32.2 Å². The molecule has 1 fully saturated rings. The number of benzene rings is 1. The number of alkyl carbamates (subject to hydrolysis) is 1. The minimum Gasteiger partial charge on any atom is -0.450 e. The molecule has 0 spiro atoms. The summed E-state index contributed by atoms with van der Waals surface area (Å²) in [7, 11) is 1.71. The van der Waals surface area contributed by atoms with Crippen molar-refractivity contribution in [3.05, 3.63) is 35.9 Å². The highest BCUT2D eigenvalue weighted by Crippen LogP contribution is 2.15. The van der Waals surface area contributed by atoms with Crippen LogP contribution in [0, 0.1) is 0 Å². The van der Waals surface area contributed by atoms with Gasteiger partial charge in [-0.3, -0.25) is 4.99 Å². The number of likely N-dealkylation sites (tertiary alicyclic amines) is 1. The van der Waals surface area contributed by atoms with Gasteiger partial charge in [-0.1, -0.05) is 30.3 Å². The lowest BCUT2D eigenvalue weighted by atomic mass is 10.1. The highest BCUT2D eigenvalue weighted by Gasteiger charge is 2.25. The van der Waals surface area contributed by atoms with Crippen LogP contribution in [0.15, 0.2) is 35.3 Å². The first-order valence-corrected chi connectivity index (χ1v) is 11.1. The second-order valence-corrected chi connectivity index (χ2v) is 8.67. The average Bonchev–Trinajstić information content (AvgIpc) is 2.75. The molecule has 0 radical (unpaired) electrons. The van der Waals surface area contributed by atoms with Crippen molar-refractivity contribution in [3.8, 4) is 0 Å². The lowest BCUT2D eigenvalue weighted by Gasteiger charge is -2.32. The number of carbonyl (C=O) groups is 2. The number of nitrogens with zero attached hydrogens (tertiary/aromatic N) is 2. The number of carbonyl (C=O) groups excluding carboxylic acids is 2. The van der Waals surface area contributed by atoms with Crippen LogP contribution in [-0.2, 0) is 9.47 Å². The van der Waals surface area contributed by atoms with Crippen LogP contribution in [0.1, 0.15) is 52.1 Å². The maximum atomic E-state index is 12.4. The third-order valence-corrected chi connectivity index (χ3v) is 4.95. The zero-order chi connectivity index (χ0) is 23.6. The van der Waals surface area contributed by atoms with Crippen molar-refractivity contribution >= 4 is 18.1 Å². The summed E-state index contributed by atoms with van der Waals surface area (Å²) in [5, 5.41) is 9.65. The number of amides is 2. The monoisotopic (exact) mass is 447 g/mol. The Labute approximate surface area is 190 Å². The Hall–Kier alpha value is -2.97. The molecule has 1 saturated heterocycles. The molecule has 0 saturated carbocycles. The summed E-state index contributed by atoms with van der Waals surface area (Å²) in [6.07, 6.45) is 0.880. The Bertz CT molecular complexity index is 755. The molecular weight excluding hydrogens is 410 g/mol. The van der Waals surface area contributed by atoms with E-state index in [4.69, 9.17) is 9.47 Å². The molecule has 2 amide bonds. The highest BCUT2D eigenvalue weighted by atomic mass is 16.6. The fourth-order valence-corrected chi connectivity index (χ4v) is 3.40. The predicted molar refractivity (Wildman–Crippen MR) is 125 cm³/mol. The van der Waals surface area contributed by atoms with Gasteiger partial charge >= 0.3 is 12.2 Å². The molecule has 0 aromatic heterocycles. The van der Waals surface area contributed by atoms with Crippen molar-refractivity contribution in [2.24, 2.45) is 4.99 Å². The Balaban J connectivity index is 1.91. The van der Waals surface area contributed by atoms with Crippen LogP contribution in [0.3, 0.4) is 0 Å². The molecule has 2 rings (SSSR count). The van der Waals surface area contributed by atoms with Gasteiger partial charge in [0.25, 0.3) is 0 Å². The first-order chi connectivity index (χ1) is 15.2. The molecule has 1 aromatic carbocycles. The molecule has 1 aliphatic rings. The molecule has 1 aromatic rings. The van der Waals surface area contributed by atoms with Crippen molar-refractivity contribution in [1.82, 2.24) is 20.9 Å². The van der Waals surface area contributed by atoms with E-state index in [1.165, 1.54) is 0 Å². The van der Waals surface area contributed by atoms with E-state index in [9.17, 15) is 9.59 Å². The summed E-state index contributed by atoms with van der Waals surface area (Å²) in [5.74, 6) is 0.645. The topological polar surface area (TPSA) is 104 Å². The second kappa shape index (κ2) is 12.2. The van der Waals surface area contributed by atoms with Crippen LogP contribution >= 0.6 is 0 Å². The predicted octanol–water partition coefficient (Wildman–Crippen LogP) is 3.04. The van der Waals surface area contributed by atoms with Gasteiger partial charge in [-0.2, -0.15) is 0 Å². The third-order valence-electron chi connectivity index (χ3n) is 4.95. The Morgan fingerprint density at radius 3 is 2.41 bits per heavy atom. The lowest BCUT2D eigenvalue weighted by molar-refractivity contribution is 0.0503. The number of rotatable bonds is 6. The molecule has 178 valence electrons. The fraction of sp³-hybridized carbons (Fsp3) is 0.609. The number of aliphatic imine (C=N–C) groups is 1. The minimum atomic E-state index is -0.575. The molecule has 3 N–H and O–H groups in total. The van der Waals surface area contributed by atoms with Crippen molar-refractivity contribution in [3.63, 3.8) is 0 Å². The van der Waals surface area contributed by atoms with E-state index in [0.717, 1.165) is 18.4 Å². The largest absolute Gasteiger partial charge is 0.450 e. The zero-order valence-corrected chi connectivity index (χ0v) is 19.8. The first kappa shape index (κ1) is 25.3. The Morgan fingerprint density at radius 2 is 1.84 bits per heavy atom. The molecule has 0 aliphatic carbocycles. The van der Waals surface area contributed by atoms with Gasteiger partial charge in [0.2, 0.25) is 0 Å². The number of piperidine rings is 1. The van der Waals surface area contributed by atoms with E-state index in [1.54, 1.807) is 11.9 Å². The number of hydrogen-bond donors (Lipinski definition) is 3. The van der Waals surface area contributed by atoms with Crippen LogP contribution in [0.4, 0.5) is 9.59 Å². The number of guanidine groups is 1. The molecule has 0 bridgehead atoms. The third kappa shape index (κ3) is 8.64. The van der Waals surface area contributed by atoms with Gasteiger partial charge in [0.05, 0.1) is 12.6 Å². The van der Waals surface area contributed by atoms with Crippen molar-refractivity contribution in [2.75, 3.05) is 33.3 Å². The van der Waals surface area contributed by atoms with Crippen molar-refractivity contribution in [2.45, 2.75) is 58.2 Å². The molecular formula is C23H37N5O4. The number of nitrogens with one attached hydrogen (secondary N) is 3. The van der Waals surface area contributed by atoms with E-state index >= 15 is 0 Å². The summed E-state index contributed by atoms with van der Waals surface area (Å²) in [4.78, 5) is 30.3. The maximum absolute atomic E-state index is 12.4. The normalized spacial score (nSPS) is 16.2. The summed E-state index contributed by atoms with van der Waals surface area (Å²) in [6, 6.07) is 9.63. The quantitative estimate of drug-likeness (QED) is 0.457. The fourth-order valence-electron chi connectivity index (χ4n) is 3.40. The summed E-state index contributed by atoms with van der Waals surface area (Å²) >= 11 is 0. The van der Waals surface area contributed by atoms with Gasteiger partial charge in [-0.15, -0.1) is 0 Å². The maximum Gasteiger partial charge on any atom is 0.409 e. The van der Waals surface area contributed by atoms with Gasteiger partial charge in [0.1, 0.15) is 5.60 Å². The van der Waals surface area contributed by atoms with E-state index in [1.807, 2.05) is 58.0 Å². The molecule has 1 heterocycles. The second-order valence-electron chi connectivity index (χ2n) is 8.67.